The number of rotatable bonds is 4. The summed E-state index contributed by atoms with van der Waals surface area (Å²) in [5.41, 5.74) is 9.24. The molecule has 0 aromatic carbocycles. The number of hydrogen-bond donors (Lipinski definition) is 1. The lowest BCUT2D eigenvalue weighted by atomic mass is 10.0. The van der Waals surface area contributed by atoms with Crippen LogP contribution in [-0.4, -0.2) is 36.1 Å². The molecule has 1 aliphatic heterocycles. The first-order valence-corrected chi connectivity index (χ1v) is 7.10. The quantitative estimate of drug-likeness (QED) is 0.919. The molecule has 0 amide bonds. The number of halogens is 2. The molecule has 1 unspecified atom stereocenters. The largest absolute Gasteiger partial charge is 0.496 e. The van der Waals surface area contributed by atoms with Crippen molar-refractivity contribution in [2.75, 3.05) is 20.2 Å². The highest BCUT2D eigenvalue weighted by Gasteiger charge is 2.22. The summed E-state index contributed by atoms with van der Waals surface area (Å²) >= 11 is 0. The van der Waals surface area contributed by atoms with Crippen molar-refractivity contribution in [2.24, 2.45) is 5.73 Å². The third kappa shape index (κ3) is 4.71. The lowest BCUT2D eigenvalue weighted by Gasteiger charge is -2.35. The number of likely N-dealkylation sites (tertiary alicyclic amines) is 1. The molecule has 6 heteroatoms. The van der Waals surface area contributed by atoms with Crippen LogP contribution >= 0.6 is 24.8 Å². The summed E-state index contributed by atoms with van der Waals surface area (Å²) < 4.78 is 5.48. The minimum absolute atomic E-state index is 0. The van der Waals surface area contributed by atoms with Gasteiger partial charge in [0.25, 0.3) is 0 Å². The highest BCUT2D eigenvalue weighted by molar-refractivity contribution is 5.85. The molecule has 1 saturated heterocycles. The van der Waals surface area contributed by atoms with Gasteiger partial charge in [0.05, 0.1) is 12.8 Å². The fourth-order valence-corrected chi connectivity index (χ4v) is 2.96. The average Bonchev–Trinajstić information content (AvgIpc) is 2.43. The SMILES string of the molecule is COc1c(C)cnc(CN2CCCCC2CN)c1C.Cl.Cl. The lowest BCUT2D eigenvalue weighted by molar-refractivity contribution is 0.142. The van der Waals surface area contributed by atoms with E-state index in [9.17, 15) is 0 Å². The van der Waals surface area contributed by atoms with Crippen molar-refractivity contribution in [2.45, 2.75) is 45.7 Å². The molecule has 21 heavy (non-hydrogen) atoms. The molecular weight excluding hydrogens is 309 g/mol. The summed E-state index contributed by atoms with van der Waals surface area (Å²) in [6.45, 7) is 6.87. The van der Waals surface area contributed by atoms with Crippen LogP contribution in [0.4, 0.5) is 0 Å². The minimum Gasteiger partial charge on any atom is -0.496 e. The highest BCUT2D eigenvalue weighted by Crippen LogP contribution is 2.26. The number of pyridine rings is 1. The second kappa shape index (κ2) is 9.46. The number of methoxy groups -OCH3 is 1. The second-order valence-electron chi connectivity index (χ2n) is 5.40. The Hall–Kier alpha value is -0.550. The Labute approximate surface area is 140 Å². The Kier molecular flexibility index (Phi) is 9.22. The van der Waals surface area contributed by atoms with Gasteiger partial charge in [0.1, 0.15) is 5.75 Å². The molecular formula is C15H27Cl2N3O. The van der Waals surface area contributed by atoms with Crippen molar-refractivity contribution in [1.29, 1.82) is 0 Å². The molecule has 0 spiro atoms. The van der Waals surface area contributed by atoms with E-state index in [0.29, 0.717) is 6.04 Å². The van der Waals surface area contributed by atoms with Gasteiger partial charge in [0, 0.05) is 36.5 Å². The fourth-order valence-electron chi connectivity index (χ4n) is 2.96. The average molecular weight is 336 g/mol. The van der Waals surface area contributed by atoms with Gasteiger partial charge in [-0.2, -0.15) is 0 Å². The molecule has 0 radical (unpaired) electrons. The van der Waals surface area contributed by atoms with Gasteiger partial charge in [-0.3, -0.25) is 9.88 Å². The van der Waals surface area contributed by atoms with E-state index in [1.807, 2.05) is 13.1 Å². The number of aryl methyl sites for hydroxylation is 1. The van der Waals surface area contributed by atoms with Gasteiger partial charge in [-0.1, -0.05) is 6.42 Å². The molecule has 2 rings (SSSR count). The smallest absolute Gasteiger partial charge is 0.128 e. The van der Waals surface area contributed by atoms with Crippen LogP contribution in [0.25, 0.3) is 0 Å². The molecule has 1 aliphatic rings. The normalized spacial score (nSPS) is 18.6. The second-order valence-corrected chi connectivity index (χ2v) is 5.40. The predicted molar refractivity (Wildman–Crippen MR) is 91.9 cm³/mol. The van der Waals surface area contributed by atoms with Crippen LogP contribution in [0.3, 0.4) is 0 Å². The number of nitrogens with zero attached hydrogens (tertiary/aromatic N) is 2. The Morgan fingerprint density at radius 2 is 2.05 bits per heavy atom. The molecule has 1 fully saturated rings. The topological polar surface area (TPSA) is 51.4 Å². The van der Waals surface area contributed by atoms with Crippen LogP contribution in [0, 0.1) is 13.8 Å². The molecule has 0 saturated carbocycles. The lowest BCUT2D eigenvalue weighted by Crippen LogP contribution is -2.43. The predicted octanol–water partition coefficient (Wildman–Crippen LogP) is 2.86. The van der Waals surface area contributed by atoms with Crippen molar-refractivity contribution in [1.82, 2.24) is 9.88 Å². The van der Waals surface area contributed by atoms with E-state index in [1.54, 1.807) is 7.11 Å². The maximum Gasteiger partial charge on any atom is 0.128 e. The van der Waals surface area contributed by atoms with E-state index >= 15 is 0 Å². The van der Waals surface area contributed by atoms with Crippen LogP contribution in [0.15, 0.2) is 6.20 Å². The van der Waals surface area contributed by atoms with E-state index in [4.69, 9.17) is 10.5 Å². The summed E-state index contributed by atoms with van der Waals surface area (Å²) in [6, 6.07) is 0.502. The summed E-state index contributed by atoms with van der Waals surface area (Å²) in [5.74, 6) is 0.964. The summed E-state index contributed by atoms with van der Waals surface area (Å²) in [6.07, 6.45) is 5.67. The standard InChI is InChI=1S/C15H25N3O.2ClH/c1-11-9-17-14(12(2)15(11)19-3)10-18-7-5-4-6-13(18)8-16;;/h9,13H,4-8,10,16H2,1-3H3;2*1H. The van der Waals surface area contributed by atoms with Crippen LogP contribution < -0.4 is 10.5 Å². The zero-order valence-electron chi connectivity index (χ0n) is 13.1. The van der Waals surface area contributed by atoms with Crippen LogP contribution in [0.2, 0.25) is 0 Å². The number of hydrogen-bond acceptors (Lipinski definition) is 4. The van der Waals surface area contributed by atoms with E-state index in [2.05, 4.69) is 16.8 Å². The van der Waals surface area contributed by atoms with Crippen LogP contribution in [-0.2, 0) is 6.54 Å². The maximum absolute atomic E-state index is 5.88. The highest BCUT2D eigenvalue weighted by atomic mass is 35.5. The van der Waals surface area contributed by atoms with E-state index in [1.165, 1.54) is 19.3 Å². The first kappa shape index (κ1) is 20.5. The Bertz CT molecular complexity index is 443. The minimum atomic E-state index is 0. The summed E-state index contributed by atoms with van der Waals surface area (Å²) in [7, 11) is 1.72. The molecule has 4 nitrogen and oxygen atoms in total. The molecule has 1 atom stereocenters. The van der Waals surface area contributed by atoms with Crippen molar-refractivity contribution >= 4 is 24.8 Å². The van der Waals surface area contributed by atoms with Gasteiger partial charge in [0.2, 0.25) is 0 Å². The Balaban J connectivity index is 0.00000200. The first-order chi connectivity index (χ1) is 9.17. The van der Waals surface area contributed by atoms with Crippen molar-refractivity contribution in [3.63, 3.8) is 0 Å². The molecule has 0 bridgehead atoms. The van der Waals surface area contributed by atoms with Crippen molar-refractivity contribution in [3.05, 3.63) is 23.0 Å². The van der Waals surface area contributed by atoms with Crippen molar-refractivity contribution < 1.29 is 4.74 Å². The van der Waals surface area contributed by atoms with Gasteiger partial charge >= 0.3 is 0 Å². The van der Waals surface area contributed by atoms with Crippen LogP contribution in [0.1, 0.15) is 36.1 Å². The van der Waals surface area contributed by atoms with Crippen molar-refractivity contribution in [3.8, 4) is 5.75 Å². The van der Waals surface area contributed by atoms with Gasteiger partial charge in [0.15, 0.2) is 0 Å². The molecule has 2 heterocycles. The molecule has 122 valence electrons. The number of nitrogens with two attached hydrogens (primary N) is 1. The molecule has 1 aromatic rings. The third-order valence-electron chi connectivity index (χ3n) is 4.12. The van der Waals surface area contributed by atoms with Crippen LogP contribution in [0.5, 0.6) is 5.75 Å². The number of ether oxygens (including phenoxy) is 1. The van der Waals surface area contributed by atoms with E-state index < -0.39 is 0 Å². The number of piperidine rings is 1. The summed E-state index contributed by atoms with van der Waals surface area (Å²) in [4.78, 5) is 7.05. The maximum atomic E-state index is 5.88. The molecule has 2 N–H and O–H groups in total. The first-order valence-electron chi connectivity index (χ1n) is 7.10. The van der Waals surface area contributed by atoms with E-state index in [0.717, 1.165) is 42.2 Å². The molecule has 1 aromatic heterocycles. The van der Waals surface area contributed by atoms with Gasteiger partial charge in [-0.05, 0) is 33.2 Å². The van der Waals surface area contributed by atoms with Gasteiger partial charge in [-0.15, -0.1) is 24.8 Å². The Morgan fingerprint density at radius 1 is 1.33 bits per heavy atom. The number of aromatic nitrogens is 1. The summed E-state index contributed by atoms with van der Waals surface area (Å²) in [5, 5.41) is 0. The van der Waals surface area contributed by atoms with E-state index in [-0.39, 0.29) is 24.8 Å². The monoisotopic (exact) mass is 335 g/mol. The van der Waals surface area contributed by atoms with Gasteiger partial charge in [-0.25, -0.2) is 0 Å². The zero-order valence-corrected chi connectivity index (χ0v) is 14.7. The van der Waals surface area contributed by atoms with Gasteiger partial charge < -0.3 is 10.5 Å². The Morgan fingerprint density at radius 3 is 2.67 bits per heavy atom. The third-order valence-corrected chi connectivity index (χ3v) is 4.12. The molecule has 0 aliphatic carbocycles. The zero-order chi connectivity index (χ0) is 13.8. The fraction of sp³-hybridized carbons (Fsp3) is 0.667.